The van der Waals surface area contributed by atoms with Gasteiger partial charge in [-0.05, 0) is 25.1 Å². The van der Waals surface area contributed by atoms with Gasteiger partial charge in [0, 0.05) is 6.07 Å². The molecule has 1 aromatic heterocycles. The fraction of sp³-hybridized carbons (Fsp3) is 0.214. The van der Waals surface area contributed by atoms with Crippen molar-refractivity contribution in [1.82, 2.24) is 4.98 Å². The van der Waals surface area contributed by atoms with Crippen LogP contribution in [0.2, 0.25) is 0 Å². The average molecular weight is 298 g/mol. The first-order valence-electron chi connectivity index (χ1n) is 6.14. The number of nitrogens with zero attached hydrogens (tertiary/aromatic N) is 1. The summed E-state index contributed by atoms with van der Waals surface area (Å²) in [5.74, 6) is 0.173. The number of hydrogen-bond acceptors (Lipinski definition) is 4. The lowest BCUT2D eigenvalue weighted by atomic mass is 10.2. The molecule has 0 spiro atoms. The van der Waals surface area contributed by atoms with Crippen LogP contribution in [0.3, 0.4) is 0 Å². The maximum atomic E-state index is 12.7. The molecule has 7 heteroatoms. The minimum atomic E-state index is -4.52. The largest absolute Gasteiger partial charge is 0.490 e. The SMILES string of the molecule is CCOc1ccccc1Oc1cc(C(F)(F)F)cc(N)n1. The highest BCUT2D eigenvalue weighted by molar-refractivity contribution is 5.44. The molecular formula is C14H13F3N2O2. The van der Waals surface area contributed by atoms with E-state index < -0.39 is 11.7 Å². The smallest absolute Gasteiger partial charge is 0.416 e. The number of ether oxygens (including phenoxy) is 2. The molecule has 0 aliphatic carbocycles. The molecule has 0 unspecified atom stereocenters. The van der Waals surface area contributed by atoms with Crippen LogP contribution in [0.5, 0.6) is 17.4 Å². The quantitative estimate of drug-likeness (QED) is 0.930. The summed E-state index contributed by atoms with van der Waals surface area (Å²) in [4.78, 5) is 3.74. The standard InChI is InChI=1S/C14H13F3N2O2/c1-2-20-10-5-3-4-6-11(10)21-13-8-9(14(15,16)17)7-12(18)19-13/h3-8H,2H2,1H3,(H2,18,19). The first-order valence-corrected chi connectivity index (χ1v) is 6.14. The van der Waals surface area contributed by atoms with Crippen LogP contribution in [0, 0.1) is 0 Å². The third-order valence-electron chi connectivity index (χ3n) is 2.51. The van der Waals surface area contributed by atoms with Gasteiger partial charge in [0.25, 0.3) is 0 Å². The maximum Gasteiger partial charge on any atom is 0.416 e. The normalized spacial score (nSPS) is 11.2. The van der Waals surface area contributed by atoms with Gasteiger partial charge in [-0.1, -0.05) is 12.1 Å². The second-order valence-corrected chi connectivity index (χ2v) is 4.10. The van der Waals surface area contributed by atoms with Crippen molar-refractivity contribution in [3.8, 4) is 17.4 Å². The molecule has 2 aromatic rings. The van der Waals surface area contributed by atoms with Gasteiger partial charge < -0.3 is 15.2 Å². The molecule has 112 valence electrons. The summed E-state index contributed by atoms with van der Waals surface area (Å²) in [7, 11) is 0. The average Bonchev–Trinajstić information content (AvgIpc) is 2.40. The second kappa shape index (κ2) is 5.90. The Kier molecular flexibility index (Phi) is 4.21. The molecule has 0 saturated heterocycles. The van der Waals surface area contributed by atoms with Gasteiger partial charge in [-0.3, -0.25) is 0 Å². The van der Waals surface area contributed by atoms with E-state index in [1.54, 1.807) is 31.2 Å². The molecule has 0 radical (unpaired) electrons. The minimum absolute atomic E-state index is 0.241. The molecule has 0 saturated carbocycles. The van der Waals surface area contributed by atoms with Crippen LogP contribution in [0.15, 0.2) is 36.4 Å². The van der Waals surface area contributed by atoms with Crippen LogP contribution in [-0.4, -0.2) is 11.6 Å². The molecular weight excluding hydrogens is 285 g/mol. The lowest BCUT2D eigenvalue weighted by Crippen LogP contribution is -2.07. The zero-order valence-electron chi connectivity index (χ0n) is 11.1. The highest BCUT2D eigenvalue weighted by Gasteiger charge is 2.31. The highest BCUT2D eigenvalue weighted by atomic mass is 19.4. The summed E-state index contributed by atoms with van der Waals surface area (Å²) < 4.78 is 48.9. The minimum Gasteiger partial charge on any atom is -0.490 e. The first-order chi connectivity index (χ1) is 9.90. The maximum absolute atomic E-state index is 12.7. The number of alkyl halides is 3. The monoisotopic (exact) mass is 298 g/mol. The summed E-state index contributed by atoms with van der Waals surface area (Å²) in [5.41, 5.74) is 4.47. The number of aromatic nitrogens is 1. The number of nitrogen functional groups attached to an aromatic ring is 1. The van der Waals surface area contributed by atoms with Gasteiger partial charge in [-0.2, -0.15) is 18.2 Å². The van der Waals surface area contributed by atoms with Crippen LogP contribution >= 0.6 is 0 Å². The number of benzene rings is 1. The highest BCUT2D eigenvalue weighted by Crippen LogP contribution is 2.35. The Labute approximate surface area is 119 Å². The van der Waals surface area contributed by atoms with Gasteiger partial charge in [0.05, 0.1) is 12.2 Å². The Bertz CT molecular complexity index is 630. The Hall–Kier alpha value is -2.44. The van der Waals surface area contributed by atoms with E-state index in [4.69, 9.17) is 15.2 Å². The van der Waals surface area contributed by atoms with Crippen molar-refractivity contribution in [2.24, 2.45) is 0 Å². The van der Waals surface area contributed by atoms with Crippen LogP contribution in [0.25, 0.3) is 0 Å². The molecule has 2 N–H and O–H groups in total. The number of para-hydroxylation sites is 2. The molecule has 0 atom stereocenters. The van der Waals surface area contributed by atoms with E-state index in [0.717, 1.165) is 12.1 Å². The molecule has 0 aliphatic heterocycles. The predicted octanol–water partition coefficient (Wildman–Crippen LogP) is 3.87. The topological polar surface area (TPSA) is 57.4 Å². The summed E-state index contributed by atoms with van der Waals surface area (Å²) in [6.45, 7) is 2.19. The Morgan fingerprint density at radius 2 is 1.81 bits per heavy atom. The molecule has 0 bridgehead atoms. The van der Waals surface area contributed by atoms with Crippen LogP contribution in [-0.2, 0) is 6.18 Å². The zero-order chi connectivity index (χ0) is 15.5. The summed E-state index contributed by atoms with van der Waals surface area (Å²) in [6.07, 6.45) is -4.52. The number of pyridine rings is 1. The van der Waals surface area contributed by atoms with Gasteiger partial charge in [0.1, 0.15) is 5.82 Å². The zero-order valence-corrected chi connectivity index (χ0v) is 11.1. The number of halogens is 3. The summed E-state index contributed by atoms with van der Waals surface area (Å²) in [5, 5.41) is 0. The van der Waals surface area contributed by atoms with E-state index in [1.165, 1.54) is 0 Å². The summed E-state index contributed by atoms with van der Waals surface area (Å²) >= 11 is 0. The van der Waals surface area contributed by atoms with Gasteiger partial charge in [-0.15, -0.1) is 0 Å². The van der Waals surface area contributed by atoms with E-state index in [0.29, 0.717) is 12.4 Å². The number of rotatable bonds is 4. The van der Waals surface area contributed by atoms with Crippen LogP contribution < -0.4 is 15.2 Å². The molecule has 21 heavy (non-hydrogen) atoms. The fourth-order valence-corrected chi connectivity index (χ4v) is 1.66. The molecule has 0 aliphatic rings. The van der Waals surface area contributed by atoms with Gasteiger partial charge in [0.2, 0.25) is 5.88 Å². The van der Waals surface area contributed by atoms with Crippen molar-refractivity contribution in [3.63, 3.8) is 0 Å². The molecule has 1 aromatic carbocycles. The predicted molar refractivity (Wildman–Crippen MR) is 71.3 cm³/mol. The van der Waals surface area contributed by atoms with E-state index in [-0.39, 0.29) is 17.4 Å². The number of hydrogen-bond donors (Lipinski definition) is 1. The Morgan fingerprint density at radius 1 is 1.14 bits per heavy atom. The third-order valence-corrected chi connectivity index (χ3v) is 2.51. The molecule has 0 amide bonds. The number of nitrogens with two attached hydrogens (primary N) is 1. The third kappa shape index (κ3) is 3.77. The van der Waals surface area contributed by atoms with E-state index in [2.05, 4.69) is 4.98 Å². The second-order valence-electron chi connectivity index (χ2n) is 4.10. The van der Waals surface area contributed by atoms with Gasteiger partial charge in [0.15, 0.2) is 11.5 Å². The van der Waals surface area contributed by atoms with Crippen molar-refractivity contribution in [3.05, 3.63) is 42.0 Å². The van der Waals surface area contributed by atoms with Crippen LogP contribution in [0.4, 0.5) is 19.0 Å². The Balaban J connectivity index is 2.34. The van der Waals surface area contributed by atoms with Gasteiger partial charge in [-0.25, -0.2) is 0 Å². The lowest BCUT2D eigenvalue weighted by molar-refractivity contribution is -0.137. The molecule has 4 nitrogen and oxygen atoms in total. The van der Waals surface area contributed by atoms with E-state index in [9.17, 15) is 13.2 Å². The van der Waals surface area contributed by atoms with Crippen molar-refractivity contribution in [2.75, 3.05) is 12.3 Å². The fourth-order valence-electron chi connectivity index (χ4n) is 1.66. The Morgan fingerprint density at radius 3 is 2.43 bits per heavy atom. The lowest BCUT2D eigenvalue weighted by Gasteiger charge is -2.13. The van der Waals surface area contributed by atoms with Crippen molar-refractivity contribution >= 4 is 5.82 Å². The van der Waals surface area contributed by atoms with E-state index >= 15 is 0 Å². The van der Waals surface area contributed by atoms with Crippen molar-refractivity contribution in [2.45, 2.75) is 13.1 Å². The van der Waals surface area contributed by atoms with Gasteiger partial charge >= 0.3 is 6.18 Å². The van der Waals surface area contributed by atoms with Crippen molar-refractivity contribution < 1.29 is 22.6 Å². The first kappa shape index (κ1) is 15.0. The summed E-state index contributed by atoms with van der Waals surface area (Å²) in [6, 6.07) is 8.17. The van der Waals surface area contributed by atoms with E-state index in [1.807, 2.05) is 0 Å². The number of anilines is 1. The molecule has 0 fully saturated rings. The molecule has 2 rings (SSSR count). The van der Waals surface area contributed by atoms with Crippen molar-refractivity contribution in [1.29, 1.82) is 0 Å². The molecule has 1 heterocycles. The van der Waals surface area contributed by atoms with Crippen LogP contribution in [0.1, 0.15) is 12.5 Å².